The van der Waals surface area contributed by atoms with Gasteiger partial charge in [-0.1, -0.05) is 31.2 Å². The van der Waals surface area contributed by atoms with Crippen molar-refractivity contribution in [3.8, 4) is 0 Å². The van der Waals surface area contributed by atoms with Crippen LogP contribution in [-0.4, -0.2) is 28.0 Å². The number of likely N-dealkylation sites (tertiary alicyclic amines) is 1. The molecule has 128 valence electrons. The van der Waals surface area contributed by atoms with Gasteiger partial charge in [-0.15, -0.1) is 0 Å². The number of aryl methyl sites for hydroxylation is 2. The van der Waals surface area contributed by atoms with Crippen LogP contribution in [-0.2, 0) is 13.1 Å². The molecule has 0 saturated carbocycles. The highest BCUT2D eigenvalue weighted by Crippen LogP contribution is 2.18. The molecule has 2 heterocycles. The van der Waals surface area contributed by atoms with E-state index >= 15 is 0 Å². The number of rotatable bonds is 5. The van der Waals surface area contributed by atoms with Crippen LogP contribution in [0.2, 0.25) is 0 Å². The second-order valence-electron chi connectivity index (χ2n) is 7.10. The number of aromatic nitrogens is 2. The van der Waals surface area contributed by atoms with Gasteiger partial charge in [-0.05, 0) is 62.9 Å². The van der Waals surface area contributed by atoms with Gasteiger partial charge in [0.05, 0.1) is 0 Å². The molecule has 0 radical (unpaired) electrons. The summed E-state index contributed by atoms with van der Waals surface area (Å²) >= 11 is 0. The van der Waals surface area contributed by atoms with Crippen molar-refractivity contribution >= 4 is 5.95 Å². The maximum Gasteiger partial charge on any atom is 0.223 e. The minimum Gasteiger partial charge on any atom is -0.350 e. The van der Waals surface area contributed by atoms with E-state index in [2.05, 4.69) is 51.4 Å². The standard InChI is InChI=1S/C20H28N4/c1-15-8-10-24(11-9-15)14-19-6-4-18(5-7-19)13-21-20-22-16(2)12-17(3)23-20/h4-7,12,15H,8-11,13-14H2,1-3H3,(H,21,22,23). The molecule has 24 heavy (non-hydrogen) atoms. The van der Waals surface area contributed by atoms with E-state index in [9.17, 15) is 0 Å². The molecule has 4 nitrogen and oxygen atoms in total. The van der Waals surface area contributed by atoms with Crippen LogP contribution in [0.25, 0.3) is 0 Å². The Balaban J connectivity index is 1.52. The number of benzene rings is 1. The lowest BCUT2D eigenvalue weighted by Gasteiger charge is -2.30. The summed E-state index contributed by atoms with van der Waals surface area (Å²) < 4.78 is 0. The molecule has 1 aliphatic heterocycles. The Kier molecular flexibility index (Phi) is 5.46. The molecule has 1 saturated heterocycles. The fourth-order valence-electron chi connectivity index (χ4n) is 3.23. The molecule has 1 aromatic carbocycles. The van der Waals surface area contributed by atoms with Crippen LogP contribution < -0.4 is 5.32 Å². The van der Waals surface area contributed by atoms with E-state index in [-0.39, 0.29) is 0 Å². The van der Waals surface area contributed by atoms with Crippen molar-refractivity contribution in [3.63, 3.8) is 0 Å². The Hall–Kier alpha value is -1.94. The van der Waals surface area contributed by atoms with Crippen molar-refractivity contribution < 1.29 is 0 Å². The highest BCUT2D eigenvalue weighted by molar-refractivity contribution is 5.31. The van der Waals surface area contributed by atoms with E-state index in [1.807, 2.05) is 19.9 Å². The summed E-state index contributed by atoms with van der Waals surface area (Å²) in [6.45, 7) is 10.6. The fraction of sp³-hybridized carbons (Fsp3) is 0.500. The Morgan fingerprint density at radius 2 is 1.58 bits per heavy atom. The number of hydrogen-bond acceptors (Lipinski definition) is 4. The van der Waals surface area contributed by atoms with Crippen LogP contribution in [0.15, 0.2) is 30.3 Å². The van der Waals surface area contributed by atoms with Crippen LogP contribution in [0.5, 0.6) is 0 Å². The van der Waals surface area contributed by atoms with Gasteiger partial charge in [0, 0.05) is 24.5 Å². The lowest BCUT2D eigenvalue weighted by molar-refractivity contribution is 0.185. The van der Waals surface area contributed by atoms with E-state index < -0.39 is 0 Å². The zero-order valence-electron chi connectivity index (χ0n) is 15.0. The number of anilines is 1. The summed E-state index contributed by atoms with van der Waals surface area (Å²) in [4.78, 5) is 11.4. The van der Waals surface area contributed by atoms with Gasteiger partial charge in [-0.2, -0.15) is 0 Å². The smallest absolute Gasteiger partial charge is 0.223 e. The van der Waals surface area contributed by atoms with Crippen LogP contribution in [0, 0.1) is 19.8 Å². The van der Waals surface area contributed by atoms with Crippen molar-refractivity contribution in [3.05, 3.63) is 52.8 Å². The van der Waals surface area contributed by atoms with Gasteiger partial charge in [0.1, 0.15) is 0 Å². The Morgan fingerprint density at radius 3 is 2.21 bits per heavy atom. The molecule has 4 heteroatoms. The molecule has 0 aliphatic carbocycles. The van der Waals surface area contributed by atoms with Crippen LogP contribution in [0.4, 0.5) is 5.95 Å². The molecule has 0 unspecified atom stereocenters. The lowest BCUT2D eigenvalue weighted by Crippen LogP contribution is -2.32. The molecule has 1 aliphatic rings. The molecule has 0 atom stereocenters. The minimum atomic E-state index is 0.707. The molecule has 0 amide bonds. The first-order chi connectivity index (χ1) is 11.6. The number of piperidine rings is 1. The first-order valence-electron chi connectivity index (χ1n) is 8.95. The van der Waals surface area contributed by atoms with Crippen molar-refractivity contribution in [1.29, 1.82) is 0 Å². The average Bonchev–Trinajstić information content (AvgIpc) is 2.55. The van der Waals surface area contributed by atoms with E-state index in [1.54, 1.807) is 0 Å². The molecule has 1 fully saturated rings. The summed E-state index contributed by atoms with van der Waals surface area (Å²) in [6, 6.07) is 10.9. The summed E-state index contributed by atoms with van der Waals surface area (Å²) in [5, 5.41) is 3.32. The van der Waals surface area contributed by atoms with E-state index in [1.165, 1.54) is 37.1 Å². The molecule has 0 spiro atoms. The maximum atomic E-state index is 4.42. The quantitative estimate of drug-likeness (QED) is 0.904. The van der Waals surface area contributed by atoms with Gasteiger partial charge >= 0.3 is 0 Å². The zero-order valence-corrected chi connectivity index (χ0v) is 15.0. The summed E-state index contributed by atoms with van der Waals surface area (Å²) in [5.41, 5.74) is 4.65. The van der Waals surface area contributed by atoms with E-state index in [0.717, 1.165) is 30.4 Å². The Bertz CT molecular complexity index is 638. The summed E-state index contributed by atoms with van der Waals surface area (Å²) in [5.74, 6) is 1.60. The lowest BCUT2D eigenvalue weighted by atomic mass is 9.99. The fourth-order valence-corrected chi connectivity index (χ4v) is 3.23. The monoisotopic (exact) mass is 324 g/mol. The first-order valence-corrected chi connectivity index (χ1v) is 8.95. The molecule has 2 aromatic rings. The van der Waals surface area contributed by atoms with Gasteiger partial charge < -0.3 is 5.32 Å². The second kappa shape index (κ2) is 7.75. The third kappa shape index (κ3) is 4.78. The van der Waals surface area contributed by atoms with Crippen LogP contribution in [0.3, 0.4) is 0 Å². The average molecular weight is 324 g/mol. The van der Waals surface area contributed by atoms with E-state index in [0.29, 0.717) is 5.95 Å². The van der Waals surface area contributed by atoms with Gasteiger partial charge in [0.2, 0.25) is 5.95 Å². The van der Waals surface area contributed by atoms with Crippen molar-refractivity contribution in [2.45, 2.75) is 46.7 Å². The zero-order chi connectivity index (χ0) is 16.9. The number of nitrogens with zero attached hydrogens (tertiary/aromatic N) is 3. The third-order valence-corrected chi connectivity index (χ3v) is 4.74. The normalized spacial score (nSPS) is 16.3. The van der Waals surface area contributed by atoms with Crippen molar-refractivity contribution in [2.24, 2.45) is 5.92 Å². The van der Waals surface area contributed by atoms with Crippen LogP contribution >= 0.6 is 0 Å². The highest BCUT2D eigenvalue weighted by atomic mass is 15.1. The molecule has 3 rings (SSSR count). The Labute approximate surface area is 145 Å². The predicted molar refractivity (Wildman–Crippen MR) is 98.9 cm³/mol. The molecule has 1 N–H and O–H groups in total. The molecule has 1 aromatic heterocycles. The Morgan fingerprint density at radius 1 is 1.00 bits per heavy atom. The molecular formula is C20H28N4. The second-order valence-corrected chi connectivity index (χ2v) is 7.10. The van der Waals surface area contributed by atoms with Gasteiger partial charge in [0.25, 0.3) is 0 Å². The van der Waals surface area contributed by atoms with Gasteiger partial charge in [0.15, 0.2) is 0 Å². The van der Waals surface area contributed by atoms with Gasteiger partial charge in [-0.25, -0.2) is 9.97 Å². The summed E-state index contributed by atoms with van der Waals surface area (Å²) in [6.07, 6.45) is 2.66. The highest BCUT2D eigenvalue weighted by Gasteiger charge is 2.15. The molecular weight excluding hydrogens is 296 g/mol. The first kappa shape index (κ1) is 16.9. The molecule has 0 bridgehead atoms. The minimum absolute atomic E-state index is 0.707. The largest absolute Gasteiger partial charge is 0.350 e. The predicted octanol–water partition coefficient (Wildman–Crippen LogP) is 3.94. The van der Waals surface area contributed by atoms with Crippen molar-refractivity contribution in [1.82, 2.24) is 14.9 Å². The number of hydrogen-bond donors (Lipinski definition) is 1. The van der Waals surface area contributed by atoms with Crippen LogP contribution in [0.1, 0.15) is 42.3 Å². The van der Waals surface area contributed by atoms with Gasteiger partial charge in [-0.3, -0.25) is 4.90 Å². The van der Waals surface area contributed by atoms with Crippen molar-refractivity contribution in [2.75, 3.05) is 18.4 Å². The topological polar surface area (TPSA) is 41.1 Å². The SMILES string of the molecule is Cc1cc(C)nc(NCc2ccc(CN3CCC(C)CC3)cc2)n1. The summed E-state index contributed by atoms with van der Waals surface area (Å²) in [7, 11) is 0. The number of nitrogens with one attached hydrogen (secondary N) is 1. The third-order valence-electron chi connectivity index (χ3n) is 4.74. The van der Waals surface area contributed by atoms with E-state index in [4.69, 9.17) is 0 Å². The maximum absolute atomic E-state index is 4.42.